The standard InChI is InChI=1S/C25H30F3N3O6S/c1-5-22(32)29-12-11-18-15-31(38(34,35)19-8-6-7-16(13-19)25(26,27)28)20-14-17(9-10-21(20)36-18)30-23(33)37-24(2,3)4/h6-10,13-14,18H,5,11-12,15H2,1-4H3,(H,29,32)(H,30,33)/t18-/m0/s1. The van der Waals surface area contributed by atoms with Crippen LogP contribution in [-0.4, -0.2) is 45.2 Å². The molecule has 38 heavy (non-hydrogen) atoms. The first-order chi connectivity index (χ1) is 17.6. The van der Waals surface area contributed by atoms with Crippen LogP contribution in [0.2, 0.25) is 0 Å². The predicted octanol–water partition coefficient (Wildman–Crippen LogP) is 4.93. The average Bonchev–Trinajstić information content (AvgIpc) is 2.81. The molecule has 2 N–H and O–H groups in total. The Hall–Kier alpha value is -3.48. The second-order valence-electron chi connectivity index (χ2n) is 9.60. The van der Waals surface area contributed by atoms with E-state index < -0.39 is 44.5 Å². The second-order valence-corrected chi connectivity index (χ2v) is 11.5. The maximum Gasteiger partial charge on any atom is 0.416 e. The van der Waals surface area contributed by atoms with Crippen LogP contribution >= 0.6 is 0 Å². The molecule has 1 heterocycles. The number of benzene rings is 2. The number of sulfonamides is 1. The molecule has 0 aliphatic carbocycles. The fraction of sp³-hybridized carbons (Fsp3) is 0.440. The van der Waals surface area contributed by atoms with Gasteiger partial charge in [-0.15, -0.1) is 0 Å². The average molecular weight is 558 g/mol. The third-order valence-corrected chi connectivity index (χ3v) is 7.17. The smallest absolute Gasteiger partial charge is 0.416 e. The van der Waals surface area contributed by atoms with E-state index in [9.17, 15) is 31.2 Å². The molecule has 2 aromatic rings. The summed E-state index contributed by atoms with van der Waals surface area (Å²) in [6.07, 6.45) is -5.69. The topological polar surface area (TPSA) is 114 Å². The summed E-state index contributed by atoms with van der Waals surface area (Å²) >= 11 is 0. The number of fused-ring (bicyclic) bond motifs is 1. The number of halogens is 3. The highest BCUT2D eigenvalue weighted by molar-refractivity contribution is 7.92. The Morgan fingerprint density at radius 3 is 2.47 bits per heavy atom. The number of hydrogen-bond donors (Lipinski definition) is 2. The molecule has 13 heteroatoms. The molecular weight excluding hydrogens is 527 g/mol. The van der Waals surface area contributed by atoms with Crippen molar-refractivity contribution in [3.05, 3.63) is 48.0 Å². The molecule has 3 rings (SSSR count). The van der Waals surface area contributed by atoms with Crippen molar-refractivity contribution in [3.8, 4) is 5.75 Å². The Morgan fingerprint density at radius 2 is 1.84 bits per heavy atom. The maximum atomic E-state index is 13.6. The molecule has 9 nitrogen and oxygen atoms in total. The highest BCUT2D eigenvalue weighted by Gasteiger charge is 2.37. The van der Waals surface area contributed by atoms with Crippen molar-refractivity contribution in [2.45, 2.75) is 63.3 Å². The number of nitrogens with zero attached hydrogens (tertiary/aromatic N) is 1. The summed E-state index contributed by atoms with van der Waals surface area (Å²) in [7, 11) is -4.49. The van der Waals surface area contributed by atoms with E-state index in [2.05, 4.69) is 10.6 Å². The van der Waals surface area contributed by atoms with Crippen LogP contribution < -0.4 is 19.7 Å². The summed E-state index contributed by atoms with van der Waals surface area (Å²) in [5.74, 6) is -0.0409. The van der Waals surface area contributed by atoms with Gasteiger partial charge in [-0.25, -0.2) is 13.2 Å². The number of hydrogen-bond acceptors (Lipinski definition) is 6. The maximum absolute atomic E-state index is 13.6. The minimum Gasteiger partial charge on any atom is -0.486 e. The monoisotopic (exact) mass is 557 g/mol. The molecule has 2 amide bonds. The van der Waals surface area contributed by atoms with Gasteiger partial charge < -0.3 is 14.8 Å². The highest BCUT2D eigenvalue weighted by atomic mass is 32.2. The van der Waals surface area contributed by atoms with E-state index in [-0.39, 0.29) is 49.0 Å². The van der Waals surface area contributed by atoms with Crippen LogP contribution in [0.3, 0.4) is 0 Å². The van der Waals surface area contributed by atoms with Crippen molar-refractivity contribution in [2.24, 2.45) is 0 Å². The SMILES string of the molecule is CCC(=O)NCC[C@H]1CN(S(=O)(=O)c2cccc(C(F)(F)F)c2)c2cc(NC(=O)OC(C)(C)C)ccc2O1. The zero-order chi connectivity index (χ0) is 28.3. The predicted molar refractivity (Wildman–Crippen MR) is 135 cm³/mol. The molecule has 0 aromatic heterocycles. The van der Waals surface area contributed by atoms with Crippen LogP contribution in [0, 0.1) is 0 Å². The van der Waals surface area contributed by atoms with Gasteiger partial charge in [0.2, 0.25) is 5.91 Å². The zero-order valence-corrected chi connectivity index (χ0v) is 22.2. The Morgan fingerprint density at radius 1 is 1.13 bits per heavy atom. The summed E-state index contributed by atoms with van der Waals surface area (Å²) in [5, 5.41) is 5.21. The lowest BCUT2D eigenvalue weighted by atomic mass is 10.1. The fourth-order valence-corrected chi connectivity index (χ4v) is 5.19. The molecule has 2 aromatic carbocycles. The van der Waals surface area contributed by atoms with E-state index in [0.29, 0.717) is 6.07 Å². The molecular formula is C25H30F3N3O6S. The molecule has 0 fully saturated rings. The summed E-state index contributed by atoms with van der Waals surface area (Å²) in [5.41, 5.74) is -1.66. The van der Waals surface area contributed by atoms with Gasteiger partial charge >= 0.3 is 12.3 Å². The minimum atomic E-state index is -4.74. The number of amides is 2. The molecule has 0 spiro atoms. The van der Waals surface area contributed by atoms with Crippen LogP contribution in [-0.2, 0) is 25.7 Å². The first kappa shape index (κ1) is 29.1. The quantitative estimate of drug-likeness (QED) is 0.499. The van der Waals surface area contributed by atoms with Gasteiger partial charge in [-0.2, -0.15) is 13.2 Å². The van der Waals surface area contributed by atoms with E-state index in [1.165, 1.54) is 18.2 Å². The van der Waals surface area contributed by atoms with Crippen molar-refractivity contribution < 1.29 is 40.7 Å². The normalized spacial score (nSPS) is 15.8. The Balaban J connectivity index is 1.98. The number of alkyl halides is 3. The van der Waals surface area contributed by atoms with Crippen molar-refractivity contribution in [3.63, 3.8) is 0 Å². The van der Waals surface area contributed by atoms with Gasteiger partial charge in [0.15, 0.2) is 0 Å². The molecule has 0 bridgehead atoms. The first-order valence-corrected chi connectivity index (χ1v) is 13.3. The van der Waals surface area contributed by atoms with E-state index >= 15 is 0 Å². The van der Waals surface area contributed by atoms with Gasteiger partial charge in [0, 0.05) is 25.1 Å². The summed E-state index contributed by atoms with van der Waals surface area (Å²) < 4.78 is 79.3. The second kappa shape index (κ2) is 11.1. The van der Waals surface area contributed by atoms with Crippen molar-refractivity contribution >= 4 is 33.4 Å². The molecule has 0 unspecified atom stereocenters. The van der Waals surface area contributed by atoms with E-state index in [4.69, 9.17) is 9.47 Å². The van der Waals surface area contributed by atoms with Gasteiger partial charge in [0.05, 0.1) is 22.7 Å². The lowest BCUT2D eigenvalue weighted by molar-refractivity contribution is -0.137. The van der Waals surface area contributed by atoms with Crippen LogP contribution in [0.1, 0.15) is 46.1 Å². The van der Waals surface area contributed by atoms with E-state index in [0.717, 1.165) is 22.5 Å². The highest BCUT2D eigenvalue weighted by Crippen LogP contribution is 2.40. The van der Waals surface area contributed by atoms with Crippen molar-refractivity contribution in [2.75, 3.05) is 22.7 Å². The number of carbonyl (C=O) groups is 2. The number of rotatable bonds is 7. The Kier molecular flexibility index (Phi) is 8.49. The van der Waals surface area contributed by atoms with Gasteiger partial charge in [0.25, 0.3) is 10.0 Å². The van der Waals surface area contributed by atoms with Crippen LogP contribution in [0.5, 0.6) is 5.75 Å². The lowest BCUT2D eigenvalue weighted by Gasteiger charge is -2.36. The van der Waals surface area contributed by atoms with Gasteiger partial charge in [-0.05, 0) is 57.2 Å². The lowest BCUT2D eigenvalue weighted by Crippen LogP contribution is -2.44. The van der Waals surface area contributed by atoms with Crippen LogP contribution in [0.4, 0.5) is 29.3 Å². The van der Waals surface area contributed by atoms with Gasteiger partial charge in [0.1, 0.15) is 17.5 Å². The number of ether oxygens (including phenoxy) is 2. The molecule has 1 aliphatic rings. The van der Waals surface area contributed by atoms with Crippen molar-refractivity contribution in [1.29, 1.82) is 0 Å². The summed E-state index contributed by atoms with van der Waals surface area (Å²) in [6.45, 7) is 6.71. The third-order valence-electron chi connectivity index (χ3n) is 5.39. The van der Waals surface area contributed by atoms with Gasteiger partial charge in [-0.1, -0.05) is 13.0 Å². The number of carbonyl (C=O) groups excluding carboxylic acids is 2. The molecule has 1 aliphatic heterocycles. The summed E-state index contributed by atoms with van der Waals surface area (Å²) in [4.78, 5) is 23.3. The zero-order valence-electron chi connectivity index (χ0n) is 21.4. The summed E-state index contributed by atoms with van der Waals surface area (Å²) in [6, 6.07) is 7.75. The molecule has 208 valence electrons. The molecule has 1 atom stereocenters. The Bertz CT molecular complexity index is 1290. The number of anilines is 2. The van der Waals surface area contributed by atoms with Crippen molar-refractivity contribution in [1.82, 2.24) is 5.32 Å². The van der Waals surface area contributed by atoms with E-state index in [1.807, 2.05) is 0 Å². The van der Waals surface area contributed by atoms with Gasteiger partial charge in [-0.3, -0.25) is 14.4 Å². The minimum absolute atomic E-state index is 0.0322. The molecule has 0 radical (unpaired) electrons. The number of nitrogens with one attached hydrogen (secondary N) is 2. The Labute approximate surface area is 219 Å². The third kappa shape index (κ3) is 7.30. The molecule has 0 saturated heterocycles. The first-order valence-electron chi connectivity index (χ1n) is 11.9. The van der Waals surface area contributed by atoms with Crippen LogP contribution in [0.15, 0.2) is 47.4 Å². The van der Waals surface area contributed by atoms with E-state index in [1.54, 1.807) is 27.7 Å². The molecule has 0 saturated carbocycles. The largest absolute Gasteiger partial charge is 0.486 e. The van der Waals surface area contributed by atoms with Crippen LogP contribution in [0.25, 0.3) is 0 Å². The fourth-order valence-electron chi connectivity index (χ4n) is 3.65.